The van der Waals surface area contributed by atoms with Gasteiger partial charge in [0.1, 0.15) is 4.21 Å². The number of nitrogens with one attached hydrogen (secondary N) is 3. The fourth-order valence-electron chi connectivity index (χ4n) is 2.88. The van der Waals surface area contributed by atoms with Gasteiger partial charge in [0.2, 0.25) is 0 Å². The van der Waals surface area contributed by atoms with Crippen LogP contribution in [0.25, 0.3) is 10.9 Å². The van der Waals surface area contributed by atoms with Gasteiger partial charge in [0.25, 0.3) is 0 Å². The average molecular weight is 365 g/mol. The van der Waals surface area contributed by atoms with Crippen molar-refractivity contribution >= 4 is 51.5 Å². The first-order valence-electron chi connectivity index (χ1n) is 7.66. The molecule has 1 unspecified atom stereocenters. The fourth-order valence-corrected chi connectivity index (χ4v) is 4.92. The predicted octanol–water partition coefficient (Wildman–Crippen LogP) is 4.86. The van der Waals surface area contributed by atoms with Crippen LogP contribution in [-0.2, 0) is 0 Å². The van der Waals surface area contributed by atoms with Crippen LogP contribution in [0.5, 0.6) is 0 Å². The highest BCUT2D eigenvalue weighted by molar-refractivity contribution is 8.02. The molecular weight excluding hydrogens is 348 g/mol. The Kier molecular flexibility index (Phi) is 4.48. The summed E-state index contributed by atoms with van der Waals surface area (Å²) in [6.45, 7) is 2.18. The molecule has 1 aliphatic heterocycles. The molecule has 3 N–H and O–H groups in total. The van der Waals surface area contributed by atoms with Crippen molar-refractivity contribution in [2.75, 3.05) is 17.8 Å². The molecule has 1 fully saturated rings. The molecule has 0 radical (unpaired) electrons. The smallest absolute Gasteiger partial charge is 0.101 e. The molecule has 1 aliphatic rings. The van der Waals surface area contributed by atoms with Gasteiger partial charge in [-0.3, -0.25) is 0 Å². The Morgan fingerprint density at radius 2 is 2.30 bits per heavy atom. The normalized spacial score (nSPS) is 18.4. The highest BCUT2D eigenvalue weighted by Gasteiger charge is 2.18. The maximum absolute atomic E-state index is 6.21. The second kappa shape index (κ2) is 6.73. The van der Waals surface area contributed by atoms with Gasteiger partial charge in [-0.15, -0.1) is 11.3 Å². The summed E-state index contributed by atoms with van der Waals surface area (Å²) in [5.41, 5.74) is 2.07. The highest BCUT2D eigenvalue weighted by Crippen LogP contribution is 2.35. The molecule has 2 aromatic heterocycles. The highest BCUT2D eigenvalue weighted by atomic mass is 35.5. The first kappa shape index (κ1) is 15.3. The summed E-state index contributed by atoms with van der Waals surface area (Å²) in [6.07, 6.45) is 6.35. The number of benzene rings is 1. The molecule has 0 spiro atoms. The van der Waals surface area contributed by atoms with Crippen LogP contribution >= 0.6 is 34.9 Å². The Bertz CT molecular complexity index is 807. The molecule has 1 saturated heterocycles. The predicted molar refractivity (Wildman–Crippen MR) is 99.7 cm³/mol. The van der Waals surface area contributed by atoms with E-state index in [1.54, 1.807) is 23.3 Å². The van der Waals surface area contributed by atoms with Gasteiger partial charge in [-0.05, 0) is 49.5 Å². The number of aromatic amines is 1. The third-order valence-electron chi connectivity index (χ3n) is 4.08. The minimum atomic E-state index is 0.564. The Labute approximate surface area is 148 Å². The third kappa shape index (κ3) is 3.21. The average Bonchev–Trinajstić information content (AvgIpc) is 3.25. The Hall–Kier alpha value is -1.21. The Morgan fingerprint density at radius 3 is 3.17 bits per heavy atom. The molecule has 4 rings (SSSR count). The monoisotopic (exact) mass is 364 g/mol. The molecule has 4 nitrogen and oxygen atoms in total. The molecule has 0 bridgehead atoms. The van der Waals surface area contributed by atoms with Gasteiger partial charge in [0.05, 0.1) is 27.4 Å². The van der Waals surface area contributed by atoms with E-state index in [4.69, 9.17) is 11.6 Å². The zero-order valence-electron chi connectivity index (χ0n) is 12.4. The standard InChI is InChI=1S/C16H17ClN4S2/c17-12-3-4-13(15-11(12)5-7-19-15)21-23-14-9-20-16(22-14)10-2-1-6-18-8-10/h3-5,7,9-10,18-19,21H,1-2,6,8H2. The van der Waals surface area contributed by atoms with E-state index >= 15 is 0 Å². The number of rotatable bonds is 4. The van der Waals surface area contributed by atoms with Crippen LogP contribution in [0, 0.1) is 0 Å². The lowest BCUT2D eigenvalue weighted by atomic mass is 10.0. The number of anilines is 1. The summed E-state index contributed by atoms with van der Waals surface area (Å²) in [4.78, 5) is 7.85. The number of fused-ring (bicyclic) bond motifs is 1. The van der Waals surface area contributed by atoms with E-state index in [2.05, 4.69) is 20.0 Å². The lowest BCUT2D eigenvalue weighted by Gasteiger charge is -2.20. The molecule has 3 aromatic rings. The second-order valence-electron chi connectivity index (χ2n) is 5.63. The van der Waals surface area contributed by atoms with Crippen molar-refractivity contribution in [3.8, 4) is 0 Å². The van der Waals surface area contributed by atoms with E-state index in [0.29, 0.717) is 5.92 Å². The topological polar surface area (TPSA) is 52.7 Å². The number of aromatic nitrogens is 2. The summed E-state index contributed by atoms with van der Waals surface area (Å²) in [6, 6.07) is 5.92. The van der Waals surface area contributed by atoms with Crippen LogP contribution in [0.4, 0.5) is 5.69 Å². The summed E-state index contributed by atoms with van der Waals surface area (Å²) < 4.78 is 4.60. The lowest BCUT2D eigenvalue weighted by Crippen LogP contribution is -2.28. The SMILES string of the molecule is Clc1ccc(NSc2cnc(C3CCCNC3)s2)c2[nH]ccc12. The molecule has 120 valence electrons. The fraction of sp³-hybridized carbons (Fsp3) is 0.312. The number of hydrogen-bond donors (Lipinski definition) is 3. The Balaban J connectivity index is 1.47. The van der Waals surface area contributed by atoms with E-state index < -0.39 is 0 Å². The zero-order chi connectivity index (χ0) is 15.6. The second-order valence-corrected chi connectivity index (χ2v) is 8.20. The number of nitrogens with zero attached hydrogens (tertiary/aromatic N) is 1. The molecule has 23 heavy (non-hydrogen) atoms. The first-order chi connectivity index (χ1) is 11.3. The molecule has 0 aliphatic carbocycles. The van der Waals surface area contributed by atoms with Gasteiger partial charge in [0, 0.05) is 24.0 Å². The van der Waals surface area contributed by atoms with E-state index in [9.17, 15) is 0 Å². The van der Waals surface area contributed by atoms with Crippen molar-refractivity contribution in [2.45, 2.75) is 23.0 Å². The largest absolute Gasteiger partial charge is 0.359 e. The van der Waals surface area contributed by atoms with Gasteiger partial charge < -0.3 is 15.0 Å². The maximum Gasteiger partial charge on any atom is 0.101 e. The van der Waals surface area contributed by atoms with Crippen molar-refractivity contribution in [2.24, 2.45) is 0 Å². The number of H-pyrrole nitrogens is 1. The summed E-state index contributed by atoms with van der Waals surface area (Å²) in [5, 5.41) is 6.49. The van der Waals surface area contributed by atoms with Crippen molar-refractivity contribution < 1.29 is 0 Å². The first-order valence-corrected chi connectivity index (χ1v) is 9.67. The number of hydrogen-bond acceptors (Lipinski definition) is 5. The molecular formula is C16H17ClN4S2. The molecule has 0 saturated carbocycles. The van der Waals surface area contributed by atoms with Crippen molar-refractivity contribution in [1.82, 2.24) is 15.3 Å². The van der Waals surface area contributed by atoms with Crippen LogP contribution in [-0.4, -0.2) is 23.1 Å². The minimum Gasteiger partial charge on any atom is -0.359 e. The van der Waals surface area contributed by atoms with E-state index in [0.717, 1.165) is 34.7 Å². The quantitative estimate of drug-likeness (QED) is 0.578. The van der Waals surface area contributed by atoms with Crippen LogP contribution in [0.1, 0.15) is 23.8 Å². The van der Waals surface area contributed by atoms with E-state index in [-0.39, 0.29) is 0 Å². The van der Waals surface area contributed by atoms with Gasteiger partial charge in [-0.25, -0.2) is 4.98 Å². The molecule has 0 amide bonds. The molecule has 3 heterocycles. The summed E-state index contributed by atoms with van der Waals surface area (Å²) in [7, 11) is 0. The molecule has 7 heteroatoms. The van der Waals surface area contributed by atoms with Crippen molar-refractivity contribution in [3.63, 3.8) is 0 Å². The van der Waals surface area contributed by atoms with Crippen molar-refractivity contribution in [3.05, 3.63) is 40.6 Å². The summed E-state index contributed by atoms with van der Waals surface area (Å²) >= 11 is 9.60. The molecule has 1 aromatic carbocycles. The molecule has 1 atom stereocenters. The van der Waals surface area contributed by atoms with E-state index in [1.165, 1.54) is 22.1 Å². The van der Waals surface area contributed by atoms with Gasteiger partial charge in [0.15, 0.2) is 0 Å². The number of piperidine rings is 1. The lowest BCUT2D eigenvalue weighted by molar-refractivity contribution is 0.460. The maximum atomic E-state index is 6.21. The van der Waals surface area contributed by atoms with E-state index in [1.807, 2.05) is 30.6 Å². The van der Waals surface area contributed by atoms with Crippen LogP contribution in [0.2, 0.25) is 5.02 Å². The van der Waals surface area contributed by atoms with Crippen LogP contribution in [0.15, 0.2) is 34.8 Å². The third-order valence-corrected chi connectivity index (χ3v) is 6.49. The van der Waals surface area contributed by atoms with Crippen molar-refractivity contribution in [1.29, 1.82) is 0 Å². The summed E-state index contributed by atoms with van der Waals surface area (Å²) in [5.74, 6) is 0.564. The van der Waals surface area contributed by atoms with Gasteiger partial charge >= 0.3 is 0 Å². The van der Waals surface area contributed by atoms with Crippen LogP contribution < -0.4 is 10.0 Å². The minimum absolute atomic E-state index is 0.564. The van der Waals surface area contributed by atoms with Gasteiger partial charge in [-0.1, -0.05) is 11.6 Å². The van der Waals surface area contributed by atoms with Crippen LogP contribution in [0.3, 0.4) is 0 Å². The number of halogens is 1. The van der Waals surface area contributed by atoms with Gasteiger partial charge in [-0.2, -0.15) is 0 Å². The zero-order valence-corrected chi connectivity index (χ0v) is 14.8. The number of thiazole rings is 1. The Morgan fingerprint density at radius 1 is 1.35 bits per heavy atom.